The molecule has 9 heteroatoms. The Hall–Kier alpha value is -3.33. The molecule has 0 unspecified atom stereocenters. The van der Waals surface area contributed by atoms with Gasteiger partial charge >= 0.3 is 0 Å². The van der Waals surface area contributed by atoms with Crippen molar-refractivity contribution in [1.82, 2.24) is 14.5 Å². The van der Waals surface area contributed by atoms with E-state index >= 15 is 0 Å². The molecule has 0 bridgehead atoms. The third kappa shape index (κ3) is 4.09. The minimum atomic E-state index is -0.154. The minimum Gasteiger partial charge on any atom is -0.497 e. The summed E-state index contributed by atoms with van der Waals surface area (Å²) in [5, 5.41) is 4.16. The van der Waals surface area contributed by atoms with Crippen LogP contribution in [0.5, 0.6) is 11.5 Å². The van der Waals surface area contributed by atoms with E-state index in [4.69, 9.17) is 27.4 Å². The summed E-state index contributed by atoms with van der Waals surface area (Å²) in [6, 6.07) is 14.2. The number of benzene rings is 2. The molecule has 0 aliphatic carbocycles. The van der Waals surface area contributed by atoms with Crippen LogP contribution in [0.3, 0.4) is 0 Å². The average molecular weight is 385 g/mol. The monoisotopic (exact) mass is 385 g/mol. The Kier molecular flexibility index (Phi) is 5.41. The molecule has 1 aromatic heterocycles. The highest BCUT2D eigenvalue weighted by Crippen LogP contribution is 2.17. The van der Waals surface area contributed by atoms with Crippen LogP contribution in [0.25, 0.3) is 0 Å². The number of carbonyl (C=O) groups is 1. The number of hydrogen-bond acceptors (Lipinski definition) is 7. The molecule has 0 atom stereocenters. The van der Waals surface area contributed by atoms with E-state index in [2.05, 4.69) is 10.5 Å². The van der Waals surface area contributed by atoms with Crippen LogP contribution in [0.4, 0.5) is 11.6 Å². The second-order valence-corrected chi connectivity index (χ2v) is 5.99. The van der Waals surface area contributed by atoms with Crippen LogP contribution in [-0.2, 0) is 6.54 Å². The fourth-order valence-corrected chi connectivity index (χ4v) is 2.70. The van der Waals surface area contributed by atoms with Crippen LogP contribution in [0.15, 0.2) is 48.5 Å². The highest BCUT2D eigenvalue weighted by atomic mass is 32.1. The van der Waals surface area contributed by atoms with Gasteiger partial charge < -0.3 is 15.2 Å². The number of nitrogens with two attached hydrogens (primary N) is 1. The number of carbonyl (C=O) groups excluding carboxylic acids is 1. The SMILES string of the molecule is COc1ccc(Nn2c(N)nn(CC(=O)c3cccc(OC)c3)c2=S)cc1. The summed E-state index contributed by atoms with van der Waals surface area (Å²) in [6.45, 7) is -0.0342. The highest BCUT2D eigenvalue weighted by molar-refractivity contribution is 7.71. The number of anilines is 2. The zero-order valence-corrected chi connectivity index (χ0v) is 15.7. The van der Waals surface area contributed by atoms with E-state index in [0.29, 0.717) is 11.3 Å². The molecule has 3 N–H and O–H groups in total. The summed E-state index contributed by atoms with van der Waals surface area (Å²) < 4.78 is 13.4. The molecule has 0 amide bonds. The van der Waals surface area contributed by atoms with Crippen LogP contribution >= 0.6 is 12.2 Å². The van der Waals surface area contributed by atoms with Crippen molar-refractivity contribution < 1.29 is 14.3 Å². The second kappa shape index (κ2) is 7.92. The molecular weight excluding hydrogens is 366 g/mol. The standard InChI is InChI=1S/C18H19N5O3S/c1-25-14-8-6-13(7-9-14)20-23-17(19)21-22(18(23)27)11-16(24)12-4-3-5-15(10-12)26-2/h3-10,20H,11H2,1-2H3,(H2,19,21). The number of aromatic nitrogens is 3. The quantitative estimate of drug-likeness (QED) is 0.477. The zero-order chi connectivity index (χ0) is 19.4. The Morgan fingerprint density at radius 2 is 1.85 bits per heavy atom. The fourth-order valence-electron chi connectivity index (χ4n) is 2.45. The maximum absolute atomic E-state index is 12.5. The maximum Gasteiger partial charge on any atom is 0.240 e. The lowest BCUT2D eigenvalue weighted by atomic mass is 10.1. The van der Waals surface area contributed by atoms with Gasteiger partial charge in [0.15, 0.2) is 5.78 Å². The number of ketones is 1. The molecule has 3 aromatic rings. The van der Waals surface area contributed by atoms with Crippen molar-refractivity contribution in [3.8, 4) is 11.5 Å². The van der Waals surface area contributed by atoms with Crippen molar-refractivity contribution >= 4 is 29.6 Å². The van der Waals surface area contributed by atoms with E-state index in [1.807, 2.05) is 12.1 Å². The Balaban J connectivity index is 1.80. The molecule has 3 rings (SSSR count). The number of rotatable bonds is 7. The zero-order valence-electron chi connectivity index (χ0n) is 14.9. The van der Waals surface area contributed by atoms with Gasteiger partial charge in [0.25, 0.3) is 0 Å². The number of nitrogen functional groups attached to an aromatic ring is 1. The van der Waals surface area contributed by atoms with Gasteiger partial charge in [-0.15, -0.1) is 5.10 Å². The number of Topliss-reactive ketones (excluding diaryl/α,β-unsaturated/α-hetero) is 1. The molecule has 0 fully saturated rings. The number of ether oxygens (including phenoxy) is 2. The molecule has 27 heavy (non-hydrogen) atoms. The first-order chi connectivity index (χ1) is 13.0. The van der Waals surface area contributed by atoms with Gasteiger partial charge in [-0.25, -0.2) is 4.68 Å². The first-order valence-corrected chi connectivity index (χ1v) is 8.46. The Bertz CT molecular complexity index is 1010. The van der Waals surface area contributed by atoms with Crippen LogP contribution < -0.4 is 20.6 Å². The largest absolute Gasteiger partial charge is 0.497 e. The normalized spacial score (nSPS) is 10.4. The van der Waals surface area contributed by atoms with Crippen LogP contribution in [-0.4, -0.2) is 34.5 Å². The summed E-state index contributed by atoms with van der Waals surface area (Å²) in [7, 11) is 3.15. The number of methoxy groups -OCH3 is 2. The van der Waals surface area contributed by atoms with Gasteiger partial charge in [0.05, 0.1) is 19.9 Å². The van der Waals surface area contributed by atoms with Gasteiger partial charge in [0, 0.05) is 5.56 Å². The third-order valence-electron chi connectivity index (χ3n) is 3.88. The first-order valence-electron chi connectivity index (χ1n) is 8.05. The Morgan fingerprint density at radius 1 is 1.15 bits per heavy atom. The lowest BCUT2D eigenvalue weighted by Gasteiger charge is -2.08. The number of nitrogens with one attached hydrogen (secondary N) is 1. The van der Waals surface area contributed by atoms with Gasteiger partial charge in [0.1, 0.15) is 18.0 Å². The molecule has 0 aliphatic rings. The van der Waals surface area contributed by atoms with Crippen LogP contribution in [0, 0.1) is 4.77 Å². The number of nitrogens with zero attached hydrogens (tertiary/aromatic N) is 3. The molecule has 1 heterocycles. The molecular formula is C18H19N5O3S. The molecule has 8 nitrogen and oxygen atoms in total. The van der Waals surface area contributed by atoms with Gasteiger partial charge in [-0.1, -0.05) is 12.1 Å². The summed E-state index contributed by atoms with van der Waals surface area (Å²) in [6.07, 6.45) is 0. The van der Waals surface area contributed by atoms with Crippen molar-refractivity contribution in [3.05, 3.63) is 58.9 Å². The maximum atomic E-state index is 12.5. The summed E-state index contributed by atoms with van der Waals surface area (Å²) in [5.41, 5.74) is 10.3. The topological polar surface area (TPSA) is 96.3 Å². The predicted molar refractivity (Wildman–Crippen MR) is 105 cm³/mol. The summed E-state index contributed by atoms with van der Waals surface area (Å²) >= 11 is 5.40. The van der Waals surface area contributed by atoms with E-state index in [0.717, 1.165) is 11.4 Å². The van der Waals surface area contributed by atoms with Crippen molar-refractivity contribution in [3.63, 3.8) is 0 Å². The highest BCUT2D eigenvalue weighted by Gasteiger charge is 2.13. The summed E-state index contributed by atoms with van der Waals surface area (Å²) in [5.74, 6) is 1.33. The first kappa shape index (κ1) is 18.5. The molecule has 2 aromatic carbocycles. The molecule has 0 saturated carbocycles. The van der Waals surface area contributed by atoms with Gasteiger partial charge in [0.2, 0.25) is 10.7 Å². The Morgan fingerprint density at radius 3 is 2.52 bits per heavy atom. The van der Waals surface area contributed by atoms with Crippen LogP contribution in [0.2, 0.25) is 0 Å². The molecule has 0 spiro atoms. The van der Waals surface area contributed by atoms with E-state index in [9.17, 15) is 4.79 Å². The average Bonchev–Trinajstić information content (AvgIpc) is 2.96. The second-order valence-electron chi connectivity index (χ2n) is 5.63. The third-order valence-corrected chi connectivity index (χ3v) is 4.27. The number of hydrogen-bond donors (Lipinski definition) is 2. The van der Waals surface area contributed by atoms with Crippen molar-refractivity contribution in [2.45, 2.75) is 6.54 Å². The lowest BCUT2D eigenvalue weighted by molar-refractivity contribution is 0.0966. The smallest absolute Gasteiger partial charge is 0.240 e. The summed E-state index contributed by atoms with van der Waals surface area (Å²) in [4.78, 5) is 12.5. The van der Waals surface area contributed by atoms with E-state index in [1.54, 1.807) is 50.6 Å². The fraction of sp³-hybridized carbons (Fsp3) is 0.167. The van der Waals surface area contributed by atoms with E-state index in [-0.39, 0.29) is 23.0 Å². The molecule has 0 saturated heterocycles. The van der Waals surface area contributed by atoms with E-state index in [1.165, 1.54) is 9.36 Å². The molecule has 0 aliphatic heterocycles. The minimum absolute atomic E-state index is 0.0342. The lowest BCUT2D eigenvalue weighted by Crippen LogP contribution is -2.14. The van der Waals surface area contributed by atoms with Gasteiger partial charge in [-0.05, 0) is 48.6 Å². The van der Waals surface area contributed by atoms with Crippen molar-refractivity contribution in [2.75, 3.05) is 25.4 Å². The predicted octanol–water partition coefficient (Wildman–Crippen LogP) is 2.77. The van der Waals surface area contributed by atoms with Gasteiger partial charge in [-0.2, -0.15) is 4.68 Å². The van der Waals surface area contributed by atoms with Crippen LogP contribution in [0.1, 0.15) is 10.4 Å². The van der Waals surface area contributed by atoms with Gasteiger partial charge in [-0.3, -0.25) is 10.2 Å². The van der Waals surface area contributed by atoms with Crippen molar-refractivity contribution in [2.24, 2.45) is 0 Å². The van der Waals surface area contributed by atoms with Crippen molar-refractivity contribution in [1.29, 1.82) is 0 Å². The Labute approximate surface area is 161 Å². The van der Waals surface area contributed by atoms with E-state index < -0.39 is 0 Å². The molecule has 0 radical (unpaired) electrons. The molecule has 140 valence electrons.